The van der Waals surface area contributed by atoms with Gasteiger partial charge in [-0.15, -0.1) is 0 Å². The fraction of sp³-hybridized carbons (Fsp3) is 0.500. The molecule has 1 N–H and O–H groups in total. The van der Waals surface area contributed by atoms with Gasteiger partial charge in [-0.1, -0.05) is 55.5 Å². The van der Waals surface area contributed by atoms with Crippen LogP contribution in [-0.2, 0) is 0 Å². The van der Waals surface area contributed by atoms with E-state index in [1.54, 1.807) is 18.2 Å². The predicted octanol–water partition coefficient (Wildman–Crippen LogP) is 4.61. The summed E-state index contributed by atoms with van der Waals surface area (Å²) < 4.78 is 0. The van der Waals surface area contributed by atoms with Crippen LogP contribution in [0.1, 0.15) is 44.3 Å². The minimum absolute atomic E-state index is 0.471. The lowest BCUT2D eigenvalue weighted by molar-refractivity contribution is 0.163. The van der Waals surface area contributed by atoms with Gasteiger partial charge in [0.1, 0.15) is 0 Å². The smallest absolute Gasteiger partial charge is 0.0804 e. The van der Waals surface area contributed by atoms with Crippen molar-refractivity contribution < 1.29 is 5.11 Å². The molecular weight excluding hydrogens is 231 g/mol. The van der Waals surface area contributed by atoms with Crippen LogP contribution in [0, 0.1) is 0 Å². The number of benzene rings is 1. The minimum atomic E-state index is -0.471. The molecule has 0 aromatic heterocycles. The fourth-order valence-corrected chi connectivity index (χ4v) is 2.05. The summed E-state index contributed by atoms with van der Waals surface area (Å²) in [6.45, 7) is 2.14. The van der Waals surface area contributed by atoms with Crippen LogP contribution in [0.2, 0.25) is 10.0 Å². The maximum absolute atomic E-state index is 9.89. The van der Waals surface area contributed by atoms with Gasteiger partial charge in [0.15, 0.2) is 0 Å². The van der Waals surface area contributed by atoms with E-state index in [2.05, 4.69) is 6.92 Å². The largest absolute Gasteiger partial charge is 0.388 e. The summed E-state index contributed by atoms with van der Waals surface area (Å²) in [5.41, 5.74) is 0.775. The Hall–Kier alpha value is -0.240. The monoisotopic (exact) mass is 246 g/mol. The Bertz CT molecular complexity index is 312. The molecule has 0 saturated carbocycles. The second-order valence-electron chi connectivity index (χ2n) is 3.68. The van der Waals surface area contributed by atoms with E-state index in [1.165, 1.54) is 0 Å². The quantitative estimate of drug-likeness (QED) is 0.753. The number of hydrogen-bond acceptors (Lipinski definition) is 1. The molecular formula is C12H16Cl2O. The highest BCUT2D eigenvalue weighted by Crippen LogP contribution is 2.28. The predicted molar refractivity (Wildman–Crippen MR) is 65.6 cm³/mol. The number of aliphatic hydroxyl groups is 1. The van der Waals surface area contributed by atoms with Gasteiger partial charge in [0.25, 0.3) is 0 Å². The van der Waals surface area contributed by atoms with Gasteiger partial charge in [-0.05, 0) is 24.1 Å². The van der Waals surface area contributed by atoms with Crippen LogP contribution in [0.15, 0.2) is 18.2 Å². The van der Waals surface area contributed by atoms with E-state index in [4.69, 9.17) is 23.2 Å². The molecule has 0 aliphatic rings. The average Bonchev–Trinajstić information content (AvgIpc) is 2.17. The second kappa shape index (κ2) is 6.37. The molecule has 0 heterocycles. The van der Waals surface area contributed by atoms with Crippen molar-refractivity contribution in [1.29, 1.82) is 0 Å². The molecule has 0 saturated heterocycles. The highest BCUT2D eigenvalue weighted by Gasteiger charge is 2.11. The van der Waals surface area contributed by atoms with Gasteiger partial charge < -0.3 is 5.11 Å². The molecule has 0 amide bonds. The Labute approximate surface area is 101 Å². The number of halogens is 2. The van der Waals surface area contributed by atoms with Crippen LogP contribution in [0.3, 0.4) is 0 Å². The van der Waals surface area contributed by atoms with Crippen LogP contribution >= 0.6 is 23.2 Å². The summed E-state index contributed by atoms with van der Waals surface area (Å²) in [6, 6.07) is 5.22. The van der Waals surface area contributed by atoms with Gasteiger partial charge >= 0.3 is 0 Å². The summed E-state index contributed by atoms with van der Waals surface area (Å²) in [5.74, 6) is 0. The summed E-state index contributed by atoms with van der Waals surface area (Å²) in [6.07, 6.45) is 3.61. The molecule has 0 aliphatic carbocycles. The lowest BCUT2D eigenvalue weighted by atomic mass is 10.0. The molecule has 0 bridgehead atoms. The molecule has 1 aromatic carbocycles. The van der Waals surface area contributed by atoms with Gasteiger partial charge in [-0.2, -0.15) is 0 Å². The van der Waals surface area contributed by atoms with E-state index in [9.17, 15) is 5.11 Å². The highest BCUT2D eigenvalue weighted by atomic mass is 35.5. The van der Waals surface area contributed by atoms with Crippen molar-refractivity contribution in [3.05, 3.63) is 33.8 Å². The van der Waals surface area contributed by atoms with Crippen LogP contribution in [-0.4, -0.2) is 5.11 Å². The first-order chi connectivity index (χ1) is 7.15. The van der Waals surface area contributed by atoms with Crippen molar-refractivity contribution in [2.45, 2.75) is 38.7 Å². The zero-order valence-electron chi connectivity index (χ0n) is 8.84. The summed E-state index contributed by atoms with van der Waals surface area (Å²) in [4.78, 5) is 0. The number of rotatable bonds is 5. The molecule has 84 valence electrons. The third-order valence-corrected chi connectivity index (χ3v) is 2.97. The number of aliphatic hydroxyl groups excluding tert-OH is 1. The van der Waals surface area contributed by atoms with E-state index < -0.39 is 6.10 Å². The Morgan fingerprint density at radius 3 is 2.60 bits per heavy atom. The van der Waals surface area contributed by atoms with Crippen LogP contribution < -0.4 is 0 Å². The van der Waals surface area contributed by atoms with Crippen molar-refractivity contribution in [1.82, 2.24) is 0 Å². The SMILES string of the molecule is CCCCCC(O)c1ccc(Cl)cc1Cl. The van der Waals surface area contributed by atoms with E-state index in [0.29, 0.717) is 10.0 Å². The lowest BCUT2D eigenvalue weighted by Crippen LogP contribution is -1.98. The first-order valence-corrected chi connectivity index (χ1v) is 6.03. The molecule has 3 heteroatoms. The van der Waals surface area contributed by atoms with Gasteiger partial charge in [-0.3, -0.25) is 0 Å². The Morgan fingerprint density at radius 2 is 2.00 bits per heavy atom. The zero-order chi connectivity index (χ0) is 11.3. The van der Waals surface area contributed by atoms with Crippen LogP contribution in [0.5, 0.6) is 0 Å². The zero-order valence-corrected chi connectivity index (χ0v) is 10.4. The molecule has 0 radical (unpaired) electrons. The van der Waals surface area contributed by atoms with E-state index >= 15 is 0 Å². The van der Waals surface area contributed by atoms with Gasteiger partial charge in [-0.25, -0.2) is 0 Å². The molecule has 1 aromatic rings. The molecule has 1 rings (SSSR count). The summed E-state index contributed by atoms with van der Waals surface area (Å²) in [5, 5.41) is 11.0. The maximum atomic E-state index is 9.89. The molecule has 0 fully saturated rings. The first-order valence-electron chi connectivity index (χ1n) is 5.28. The minimum Gasteiger partial charge on any atom is -0.388 e. The number of hydrogen-bond donors (Lipinski definition) is 1. The molecule has 1 atom stereocenters. The first kappa shape index (κ1) is 12.8. The second-order valence-corrected chi connectivity index (χ2v) is 4.52. The van der Waals surface area contributed by atoms with Gasteiger partial charge in [0.2, 0.25) is 0 Å². The third kappa shape index (κ3) is 4.02. The molecule has 0 aliphatic heterocycles. The standard InChI is InChI=1S/C12H16Cl2O/c1-2-3-4-5-12(15)10-7-6-9(13)8-11(10)14/h6-8,12,15H,2-5H2,1H3. The third-order valence-electron chi connectivity index (χ3n) is 2.40. The topological polar surface area (TPSA) is 20.2 Å². The number of unbranched alkanes of at least 4 members (excludes halogenated alkanes) is 2. The van der Waals surface area contributed by atoms with E-state index in [-0.39, 0.29) is 0 Å². The average molecular weight is 247 g/mol. The van der Waals surface area contributed by atoms with Crippen molar-refractivity contribution in [3.63, 3.8) is 0 Å². The van der Waals surface area contributed by atoms with Crippen molar-refractivity contribution >= 4 is 23.2 Å². The van der Waals surface area contributed by atoms with Crippen molar-refractivity contribution in [2.75, 3.05) is 0 Å². The summed E-state index contributed by atoms with van der Waals surface area (Å²) in [7, 11) is 0. The maximum Gasteiger partial charge on any atom is 0.0804 e. The molecule has 1 nitrogen and oxygen atoms in total. The van der Waals surface area contributed by atoms with Gasteiger partial charge in [0.05, 0.1) is 6.10 Å². The lowest BCUT2D eigenvalue weighted by Gasteiger charge is -2.12. The summed E-state index contributed by atoms with van der Waals surface area (Å²) >= 11 is 11.8. The van der Waals surface area contributed by atoms with Crippen LogP contribution in [0.25, 0.3) is 0 Å². The fourth-order valence-electron chi connectivity index (χ4n) is 1.51. The molecule has 0 spiro atoms. The van der Waals surface area contributed by atoms with Crippen molar-refractivity contribution in [2.24, 2.45) is 0 Å². The Morgan fingerprint density at radius 1 is 1.27 bits per heavy atom. The molecule has 15 heavy (non-hydrogen) atoms. The Kier molecular flexibility index (Phi) is 5.44. The Balaban J connectivity index is 2.61. The van der Waals surface area contributed by atoms with E-state index in [0.717, 1.165) is 31.2 Å². The van der Waals surface area contributed by atoms with Gasteiger partial charge in [0, 0.05) is 10.0 Å². The van der Waals surface area contributed by atoms with Crippen molar-refractivity contribution in [3.8, 4) is 0 Å². The van der Waals surface area contributed by atoms with Crippen LogP contribution in [0.4, 0.5) is 0 Å². The molecule has 1 unspecified atom stereocenters. The normalized spacial score (nSPS) is 12.8. The highest BCUT2D eigenvalue weighted by molar-refractivity contribution is 6.35. The van der Waals surface area contributed by atoms with E-state index in [1.807, 2.05) is 0 Å².